The van der Waals surface area contributed by atoms with E-state index in [1.165, 1.54) is 20.5 Å². The molecule has 3 aromatic rings. The van der Waals surface area contributed by atoms with E-state index in [2.05, 4.69) is 52.5 Å². The Balaban J connectivity index is 0.000000345. The second kappa shape index (κ2) is 15.5. The number of carboxylic acid groups (broad SMARTS) is 2. The number of hydrogen-bond acceptors (Lipinski definition) is 9. The summed E-state index contributed by atoms with van der Waals surface area (Å²) < 4.78 is 77.4. The van der Waals surface area contributed by atoms with E-state index in [-0.39, 0.29) is 11.7 Å². The molecule has 2 fully saturated rings. The first-order chi connectivity index (χ1) is 21.5. The first kappa shape index (κ1) is 36.5. The number of aryl methyl sites for hydroxylation is 1. The zero-order chi connectivity index (χ0) is 34.1. The van der Waals surface area contributed by atoms with E-state index >= 15 is 0 Å². The topological polar surface area (TPSA) is 145 Å². The summed E-state index contributed by atoms with van der Waals surface area (Å²) in [6, 6.07) is 14.4. The Morgan fingerprint density at radius 1 is 1.13 bits per heavy atom. The van der Waals surface area contributed by atoms with Gasteiger partial charge < -0.3 is 25.0 Å². The second-order valence-corrected chi connectivity index (χ2v) is 11.6. The molecule has 5 rings (SSSR count). The first-order valence-corrected chi connectivity index (χ1v) is 14.5. The number of aliphatic carboxylic acids is 2. The highest BCUT2D eigenvalue weighted by Gasteiger charge is 2.43. The highest BCUT2D eigenvalue weighted by atomic mass is 32.1. The van der Waals surface area contributed by atoms with Crippen LogP contribution < -0.4 is 5.32 Å². The molecule has 17 heteroatoms. The molecule has 1 aromatic carbocycles. The van der Waals surface area contributed by atoms with Crippen LogP contribution in [-0.2, 0) is 25.6 Å². The Bertz CT molecular complexity index is 1500. The average Bonchev–Trinajstić information content (AvgIpc) is 3.46. The van der Waals surface area contributed by atoms with Crippen molar-refractivity contribution in [3.63, 3.8) is 0 Å². The zero-order valence-corrected chi connectivity index (χ0v) is 25.1. The molecule has 0 unspecified atom stereocenters. The molecule has 0 aliphatic carbocycles. The van der Waals surface area contributed by atoms with Crippen molar-refractivity contribution in [2.24, 2.45) is 0 Å². The molecule has 2 aromatic heterocycles. The monoisotopic (exact) mass is 676 g/mol. The van der Waals surface area contributed by atoms with Crippen LogP contribution in [0.5, 0.6) is 0 Å². The van der Waals surface area contributed by atoms with E-state index in [9.17, 15) is 26.3 Å². The van der Waals surface area contributed by atoms with Crippen LogP contribution in [0.2, 0.25) is 0 Å². The number of carbonyl (C=O) groups is 2. The molecule has 1 spiro atoms. The molecule has 10 nitrogen and oxygen atoms in total. The number of hydrogen-bond donors (Lipinski definition) is 3. The lowest BCUT2D eigenvalue weighted by Crippen LogP contribution is -2.44. The lowest BCUT2D eigenvalue weighted by Gasteiger charge is -2.32. The van der Waals surface area contributed by atoms with Crippen LogP contribution in [0.15, 0.2) is 42.6 Å². The summed E-state index contributed by atoms with van der Waals surface area (Å²) in [4.78, 5) is 26.0. The number of aromatic nitrogens is 1. The van der Waals surface area contributed by atoms with Gasteiger partial charge in [-0.1, -0.05) is 18.2 Å². The molecular weight excluding hydrogens is 646 g/mol. The maximum atomic E-state index is 10.6. The lowest BCUT2D eigenvalue weighted by molar-refractivity contribution is -0.193. The summed E-state index contributed by atoms with van der Waals surface area (Å²) in [5.74, 6) is -4.74. The molecular formula is C29H30F6N4O6S. The van der Waals surface area contributed by atoms with Crippen LogP contribution in [0, 0.1) is 18.3 Å². The number of benzene rings is 1. The number of nitrogens with one attached hydrogen (secondary N) is 1. The van der Waals surface area contributed by atoms with Gasteiger partial charge in [0.2, 0.25) is 0 Å². The molecule has 2 aliphatic rings. The molecule has 0 bridgehead atoms. The standard InChI is InChI=1S/C25H28N4O2S.2C2HF3O2/c1-18-22(21-4-2-3-5-23(21)32-18)15-29-10-11-30-17-25(16-29)9-8-20(31-25)14-28-24-7-6-19(12-26)13-27-24;2*3-2(4,5)1(6)7/h2-7,13,20H,8-11,14-17H2,1H3,(H,27,28);2*(H,6,7)/t20-,25-;;/m1../s1. The van der Waals surface area contributed by atoms with E-state index in [0.717, 1.165) is 44.9 Å². The van der Waals surface area contributed by atoms with Crippen LogP contribution in [0.4, 0.5) is 32.2 Å². The number of fused-ring (bicyclic) bond motifs is 1. The number of ether oxygens (including phenoxy) is 2. The van der Waals surface area contributed by atoms with Gasteiger partial charge in [-0.15, -0.1) is 11.3 Å². The van der Waals surface area contributed by atoms with Gasteiger partial charge >= 0.3 is 24.3 Å². The Kier molecular flexibility index (Phi) is 12.3. The fourth-order valence-electron chi connectivity index (χ4n) is 4.80. The summed E-state index contributed by atoms with van der Waals surface area (Å²) in [7, 11) is 0. The molecule has 4 heterocycles. The van der Waals surface area contributed by atoms with Gasteiger partial charge in [0.25, 0.3) is 0 Å². The van der Waals surface area contributed by atoms with Crippen molar-refractivity contribution in [3.05, 3.63) is 58.6 Å². The van der Waals surface area contributed by atoms with Crippen LogP contribution >= 0.6 is 11.3 Å². The average molecular weight is 677 g/mol. The third kappa shape index (κ3) is 10.5. The predicted octanol–water partition coefficient (Wildman–Crippen LogP) is 5.61. The number of rotatable bonds is 5. The molecule has 2 aliphatic heterocycles. The Labute approximate surface area is 263 Å². The van der Waals surface area contributed by atoms with Crippen LogP contribution in [0.3, 0.4) is 0 Å². The van der Waals surface area contributed by atoms with Crippen molar-refractivity contribution in [1.29, 1.82) is 5.26 Å². The highest BCUT2D eigenvalue weighted by molar-refractivity contribution is 7.19. The molecule has 0 amide bonds. The molecule has 250 valence electrons. The zero-order valence-electron chi connectivity index (χ0n) is 24.3. The number of alkyl halides is 6. The van der Waals surface area contributed by atoms with Crippen LogP contribution in [0.25, 0.3) is 10.1 Å². The number of nitriles is 1. The van der Waals surface area contributed by atoms with Crippen molar-refractivity contribution in [3.8, 4) is 6.07 Å². The third-order valence-corrected chi connectivity index (χ3v) is 8.07. The summed E-state index contributed by atoms with van der Waals surface area (Å²) in [6.45, 7) is 7.07. The molecule has 0 radical (unpaired) electrons. The van der Waals surface area contributed by atoms with E-state index in [1.807, 2.05) is 17.4 Å². The number of carboxylic acids is 2. The lowest BCUT2D eigenvalue weighted by atomic mass is 9.99. The van der Waals surface area contributed by atoms with Crippen molar-refractivity contribution < 1.29 is 55.6 Å². The SMILES string of the molecule is Cc1sc2ccccc2c1CN1CCOC[C@@]2(CC[C@H](CNc3ccc(C#N)cn3)O2)C1.O=C(O)C(F)(F)F.O=C(O)C(F)(F)F. The minimum Gasteiger partial charge on any atom is -0.475 e. The maximum absolute atomic E-state index is 10.6. The van der Waals surface area contributed by atoms with Crippen LogP contribution in [-0.4, -0.2) is 88.9 Å². The van der Waals surface area contributed by atoms with Gasteiger partial charge in [-0.05, 0) is 48.9 Å². The molecule has 2 atom stereocenters. The fraction of sp³-hybridized carbons (Fsp3) is 0.448. The Hall–Kier alpha value is -3.98. The van der Waals surface area contributed by atoms with Crippen molar-refractivity contribution in [1.82, 2.24) is 9.88 Å². The Morgan fingerprint density at radius 3 is 2.37 bits per heavy atom. The maximum Gasteiger partial charge on any atom is 0.490 e. The minimum atomic E-state index is -5.08. The van der Waals surface area contributed by atoms with Gasteiger partial charge in [0.1, 0.15) is 17.5 Å². The summed E-state index contributed by atoms with van der Waals surface area (Å²) in [5.41, 5.74) is 1.75. The van der Waals surface area contributed by atoms with Crippen LogP contribution in [0.1, 0.15) is 28.8 Å². The number of thiophene rings is 1. The van der Waals surface area contributed by atoms with Gasteiger partial charge in [-0.25, -0.2) is 14.6 Å². The van der Waals surface area contributed by atoms with E-state index < -0.39 is 24.3 Å². The number of halogens is 6. The van der Waals surface area contributed by atoms with Gasteiger partial charge in [0, 0.05) is 42.0 Å². The quantitative estimate of drug-likeness (QED) is 0.292. The summed E-state index contributed by atoms with van der Waals surface area (Å²) in [6.07, 6.45) is -6.45. The third-order valence-electron chi connectivity index (χ3n) is 6.94. The minimum absolute atomic E-state index is 0.125. The molecule has 46 heavy (non-hydrogen) atoms. The number of nitrogens with zero attached hydrogens (tertiary/aromatic N) is 3. The van der Waals surface area contributed by atoms with Gasteiger partial charge in [-0.2, -0.15) is 31.6 Å². The summed E-state index contributed by atoms with van der Waals surface area (Å²) in [5, 5.41) is 27.9. The molecule has 3 N–H and O–H groups in total. The van der Waals surface area contributed by atoms with E-state index in [4.69, 9.17) is 34.5 Å². The van der Waals surface area contributed by atoms with Gasteiger partial charge in [0.15, 0.2) is 0 Å². The predicted molar refractivity (Wildman–Crippen MR) is 154 cm³/mol. The van der Waals surface area contributed by atoms with Crippen molar-refractivity contribution in [2.75, 3.05) is 38.2 Å². The summed E-state index contributed by atoms with van der Waals surface area (Å²) >= 11 is 1.88. The largest absolute Gasteiger partial charge is 0.490 e. The molecule has 0 saturated carbocycles. The van der Waals surface area contributed by atoms with Crippen molar-refractivity contribution >= 4 is 39.2 Å². The van der Waals surface area contributed by atoms with Gasteiger partial charge in [-0.3, -0.25) is 4.90 Å². The smallest absolute Gasteiger partial charge is 0.475 e. The molecule has 2 saturated heterocycles. The first-order valence-electron chi connectivity index (χ1n) is 13.7. The fourth-order valence-corrected chi connectivity index (χ4v) is 5.88. The van der Waals surface area contributed by atoms with E-state index in [0.29, 0.717) is 18.7 Å². The number of anilines is 1. The second-order valence-electron chi connectivity index (χ2n) is 10.4. The van der Waals surface area contributed by atoms with Crippen molar-refractivity contribution in [2.45, 2.75) is 50.4 Å². The van der Waals surface area contributed by atoms with Gasteiger partial charge in [0.05, 0.1) is 24.9 Å². The normalized spacial score (nSPS) is 20.1. The highest BCUT2D eigenvalue weighted by Crippen LogP contribution is 2.36. The van der Waals surface area contributed by atoms with E-state index in [1.54, 1.807) is 12.3 Å². The number of pyridine rings is 1. The Morgan fingerprint density at radius 2 is 1.78 bits per heavy atom.